The van der Waals surface area contributed by atoms with Crippen molar-refractivity contribution in [3.8, 4) is 0 Å². The number of methoxy groups -OCH3 is 2. The van der Waals surface area contributed by atoms with Crippen molar-refractivity contribution in [2.75, 3.05) is 14.2 Å². The number of hydrogen-bond acceptors (Lipinski definition) is 2. The maximum atomic E-state index is 5.62. The molecule has 3 heteroatoms. The van der Waals surface area contributed by atoms with Crippen LogP contribution < -0.4 is 0 Å². The van der Waals surface area contributed by atoms with E-state index < -0.39 is 4.70 Å². The maximum Gasteiger partial charge on any atom is 0.232 e. The second-order valence-corrected chi connectivity index (χ2v) is 7.12. The Morgan fingerprint density at radius 3 is 2.05 bits per heavy atom. The molecule has 0 aliphatic rings. The first-order chi connectivity index (χ1) is 10.6. The van der Waals surface area contributed by atoms with Crippen LogP contribution in [0, 0.1) is 6.92 Å². The smallest absolute Gasteiger partial charge is 0.232 e. The second-order valence-electron chi connectivity index (χ2n) is 6.01. The Labute approximate surface area is 144 Å². The van der Waals surface area contributed by atoms with E-state index in [9.17, 15) is 0 Å². The second kappa shape index (κ2) is 10.4. The predicted octanol–water partition coefficient (Wildman–Crippen LogP) is 6.17. The van der Waals surface area contributed by atoms with Crippen molar-refractivity contribution >= 4 is 15.9 Å². The van der Waals surface area contributed by atoms with Gasteiger partial charge in [-0.15, -0.1) is 0 Å². The summed E-state index contributed by atoms with van der Waals surface area (Å²) in [6.45, 7) is 4.37. The van der Waals surface area contributed by atoms with Gasteiger partial charge in [0.05, 0.1) is 0 Å². The highest BCUT2D eigenvalue weighted by Gasteiger charge is 2.37. The summed E-state index contributed by atoms with van der Waals surface area (Å²) in [5, 5.41) is 0. The normalized spacial score (nSPS) is 13.3. The van der Waals surface area contributed by atoms with Gasteiger partial charge in [0.15, 0.2) is 0 Å². The average molecular weight is 371 g/mol. The van der Waals surface area contributed by atoms with Crippen LogP contribution in [0.25, 0.3) is 0 Å². The number of benzene rings is 1. The molecule has 0 amide bonds. The summed E-state index contributed by atoms with van der Waals surface area (Å²) in [7, 11) is 3.39. The van der Waals surface area contributed by atoms with Gasteiger partial charge in [-0.1, -0.05) is 75.3 Å². The lowest BCUT2D eigenvalue weighted by atomic mass is 9.91. The van der Waals surface area contributed by atoms with Crippen LogP contribution in [-0.4, -0.2) is 18.9 Å². The standard InChI is InChI=1S/C19H31BrO2/c1-5-6-7-8-9-10-11-18(19(20,21-3)22-4)17-14-12-16(2)13-15-17/h12-15,18H,5-11H2,1-4H3. The summed E-state index contributed by atoms with van der Waals surface area (Å²) in [6, 6.07) is 8.68. The van der Waals surface area contributed by atoms with E-state index in [1.54, 1.807) is 14.2 Å². The van der Waals surface area contributed by atoms with Gasteiger partial charge in [-0.25, -0.2) is 0 Å². The monoisotopic (exact) mass is 370 g/mol. The Kier molecular flexibility index (Phi) is 9.30. The molecule has 126 valence electrons. The third-order valence-electron chi connectivity index (χ3n) is 4.30. The third kappa shape index (κ3) is 6.02. The number of hydrogen-bond donors (Lipinski definition) is 0. The molecular weight excluding hydrogens is 340 g/mol. The molecule has 0 heterocycles. The van der Waals surface area contributed by atoms with Crippen LogP contribution in [0.1, 0.15) is 68.9 Å². The highest BCUT2D eigenvalue weighted by molar-refractivity contribution is 9.10. The molecule has 0 bridgehead atoms. The van der Waals surface area contributed by atoms with Crippen molar-refractivity contribution in [2.45, 2.75) is 69.4 Å². The predicted molar refractivity (Wildman–Crippen MR) is 97.6 cm³/mol. The summed E-state index contributed by atoms with van der Waals surface area (Å²) in [5.74, 6) is 0.189. The molecule has 1 aromatic carbocycles. The Bertz CT molecular complexity index is 398. The number of unbranched alkanes of at least 4 members (excludes halogenated alkanes) is 5. The number of aryl methyl sites for hydroxylation is 1. The van der Waals surface area contributed by atoms with Crippen molar-refractivity contribution < 1.29 is 9.47 Å². The molecule has 0 spiro atoms. The molecule has 0 saturated heterocycles. The Balaban J connectivity index is 2.69. The Morgan fingerprint density at radius 1 is 0.955 bits per heavy atom. The fraction of sp³-hybridized carbons (Fsp3) is 0.684. The lowest BCUT2D eigenvalue weighted by Crippen LogP contribution is -2.34. The van der Waals surface area contributed by atoms with Crippen LogP contribution in [0.5, 0.6) is 0 Å². The number of halogens is 1. The van der Waals surface area contributed by atoms with Crippen LogP contribution in [0.3, 0.4) is 0 Å². The van der Waals surface area contributed by atoms with E-state index in [4.69, 9.17) is 9.47 Å². The summed E-state index contributed by atoms with van der Waals surface area (Å²) >= 11 is 3.65. The zero-order valence-corrected chi connectivity index (χ0v) is 16.1. The molecule has 2 nitrogen and oxygen atoms in total. The largest absolute Gasteiger partial charge is 0.344 e. The first kappa shape index (κ1) is 19.7. The summed E-state index contributed by atoms with van der Waals surface area (Å²) < 4.78 is 10.5. The van der Waals surface area contributed by atoms with Gasteiger partial charge in [0.2, 0.25) is 4.70 Å². The summed E-state index contributed by atoms with van der Waals surface area (Å²) in [6.07, 6.45) is 8.84. The maximum absolute atomic E-state index is 5.62. The Hall–Kier alpha value is -0.380. The van der Waals surface area contributed by atoms with Gasteiger partial charge in [-0.3, -0.25) is 0 Å². The topological polar surface area (TPSA) is 18.5 Å². The van der Waals surface area contributed by atoms with Crippen molar-refractivity contribution in [3.63, 3.8) is 0 Å². The molecule has 0 N–H and O–H groups in total. The van der Waals surface area contributed by atoms with Gasteiger partial charge in [0.25, 0.3) is 0 Å². The van der Waals surface area contributed by atoms with Gasteiger partial charge < -0.3 is 9.47 Å². The summed E-state index contributed by atoms with van der Waals surface area (Å²) in [4.78, 5) is 0. The van der Waals surface area contributed by atoms with Crippen LogP contribution in [-0.2, 0) is 9.47 Å². The number of alkyl halides is 1. The lowest BCUT2D eigenvalue weighted by molar-refractivity contribution is -0.145. The molecule has 0 aliphatic heterocycles. The fourth-order valence-electron chi connectivity index (χ4n) is 2.83. The lowest BCUT2D eigenvalue weighted by Gasteiger charge is -2.33. The Morgan fingerprint density at radius 2 is 1.50 bits per heavy atom. The first-order valence-electron chi connectivity index (χ1n) is 8.43. The van der Waals surface area contributed by atoms with E-state index in [0.29, 0.717) is 0 Å². The zero-order chi connectivity index (χ0) is 16.4. The molecule has 0 radical (unpaired) electrons. The van der Waals surface area contributed by atoms with Crippen molar-refractivity contribution in [2.24, 2.45) is 0 Å². The highest BCUT2D eigenvalue weighted by Crippen LogP contribution is 2.40. The highest BCUT2D eigenvalue weighted by atomic mass is 79.9. The molecule has 1 aromatic rings. The fourth-order valence-corrected chi connectivity index (χ4v) is 3.33. The van der Waals surface area contributed by atoms with E-state index in [1.165, 1.54) is 49.7 Å². The molecule has 0 aromatic heterocycles. The number of rotatable bonds is 11. The average Bonchev–Trinajstić information content (AvgIpc) is 2.55. The van der Waals surface area contributed by atoms with Gasteiger partial charge in [0.1, 0.15) is 0 Å². The van der Waals surface area contributed by atoms with E-state index in [-0.39, 0.29) is 5.92 Å². The van der Waals surface area contributed by atoms with Gasteiger partial charge in [-0.2, -0.15) is 0 Å². The first-order valence-corrected chi connectivity index (χ1v) is 9.22. The van der Waals surface area contributed by atoms with Gasteiger partial charge >= 0.3 is 0 Å². The van der Waals surface area contributed by atoms with E-state index in [1.807, 2.05) is 0 Å². The molecule has 1 atom stereocenters. The quantitative estimate of drug-likeness (QED) is 0.263. The molecule has 22 heavy (non-hydrogen) atoms. The minimum absolute atomic E-state index is 0.189. The molecule has 1 unspecified atom stereocenters. The molecule has 1 rings (SSSR count). The number of ether oxygens (including phenoxy) is 2. The third-order valence-corrected chi connectivity index (χ3v) is 5.50. The van der Waals surface area contributed by atoms with Crippen LogP contribution in [0.2, 0.25) is 0 Å². The van der Waals surface area contributed by atoms with E-state index in [2.05, 4.69) is 54.0 Å². The van der Waals surface area contributed by atoms with Crippen molar-refractivity contribution in [3.05, 3.63) is 35.4 Å². The van der Waals surface area contributed by atoms with Gasteiger partial charge in [-0.05, 0) is 34.8 Å². The van der Waals surface area contributed by atoms with E-state index in [0.717, 1.165) is 6.42 Å². The van der Waals surface area contributed by atoms with E-state index >= 15 is 0 Å². The minimum atomic E-state index is -0.744. The minimum Gasteiger partial charge on any atom is -0.344 e. The molecule has 0 saturated carbocycles. The van der Waals surface area contributed by atoms with Crippen molar-refractivity contribution in [1.82, 2.24) is 0 Å². The zero-order valence-electron chi connectivity index (χ0n) is 14.5. The SMILES string of the molecule is CCCCCCCCC(c1ccc(C)cc1)C(Br)(OC)OC. The molecule has 0 fully saturated rings. The molecular formula is C19H31BrO2. The van der Waals surface area contributed by atoms with Gasteiger partial charge in [0, 0.05) is 20.1 Å². The van der Waals surface area contributed by atoms with Crippen LogP contribution in [0.4, 0.5) is 0 Å². The molecule has 0 aliphatic carbocycles. The van der Waals surface area contributed by atoms with Crippen LogP contribution in [0.15, 0.2) is 24.3 Å². The summed E-state index contributed by atoms with van der Waals surface area (Å²) in [5.41, 5.74) is 2.54. The van der Waals surface area contributed by atoms with Crippen molar-refractivity contribution in [1.29, 1.82) is 0 Å². The van der Waals surface area contributed by atoms with Crippen LogP contribution >= 0.6 is 15.9 Å².